The lowest BCUT2D eigenvalue weighted by Gasteiger charge is -2.11. The van der Waals surface area contributed by atoms with Crippen LogP contribution in [0.2, 0.25) is 0 Å². The van der Waals surface area contributed by atoms with E-state index in [1.807, 2.05) is 0 Å². The van der Waals surface area contributed by atoms with Gasteiger partial charge in [-0.05, 0) is 58.7 Å². The van der Waals surface area contributed by atoms with Gasteiger partial charge < -0.3 is 8.80 Å². The molecule has 2 nitrogen and oxygen atoms in total. The third-order valence-corrected chi connectivity index (χ3v) is 7.45. The molecule has 0 unspecified atom stereocenters. The highest BCUT2D eigenvalue weighted by molar-refractivity contribution is 6.06. The molecular weight excluding hydrogens is 436 g/mol. The molecule has 0 atom stereocenters. The maximum Gasteiger partial charge on any atom is 0.0710 e. The normalized spacial score (nSPS) is 11.9. The fraction of sp³-hybridized carbons (Fsp3) is 0. The van der Waals surface area contributed by atoms with Crippen LogP contribution in [0.15, 0.2) is 133 Å². The van der Waals surface area contributed by atoms with Crippen molar-refractivity contribution in [1.82, 2.24) is 8.80 Å². The number of benzene rings is 5. The molecule has 0 aliphatic carbocycles. The van der Waals surface area contributed by atoms with E-state index in [-0.39, 0.29) is 0 Å². The highest BCUT2D eigenvalue weighted by Crippen LogP contribution is 2.36. The Bertz CT molecular complexity index is 1930. The van der Waals surface area contributed by atoms with Crippen molar-refractivity contribution in [2.24, 2.45) is 0 Å². The Morgan fingerprint density at radius 3 is 1.14 bits per heavy atom. The molecule has 0 bridgehead atoms. The van der Waals surface area contributed by atoms with E-state index in [1.54, 1.807) is 0 Å². The molecule has 0 radical (unpaired) electrons. The minimum absolute atomic E-state index is 1.21. The Morgan fingerprint density at radius 2 is 0.694 bits per heavy atom. The van der Waals surface area contributed by atoms with E-state index in [9.17, 15) is 0 Å². The van der Waals surface area contributed by atoms with E-state index >= 15 is 0 Å². The third-order valence-electron chi connectivity index (χ3n) is 7.45. The second-order valence-corrected chi connectivity index (χ2v) is 9.50. The Labute approximate surface area is 208 Å². The van der Waals surface area contributed by atoms with Gasteiger partial charge in [0.25, 0.3) is 0 Å². The molecule has 3 heterocycles. The lowest BCUT2D eigenvalue weighted by molar-refractivity contribution is 1.25. The molecule has 5 aromatic carbocycles. The Kier molecular flexibility index (Phi) is 3.97. The SMILES string of the molecule is c1ccc(-c2ccc3cc4c5cc6ccc(-c7ccccc7)cc6n5c5ccccc5n4c3c2)cc1. The van der Waals surface area contributed by atoms with E-state index in [2.05, 4.69) is 142 Å². The van der Waals surface area contributed by atoms with E-state index in [0.29, 0.717) is 0 Å². The van der Waals surface area contributed by atoms with Crippen molar-refractivity contribution in [3.63, 3.8) is 0 Å². The van der Waals surface area contributed by atoms with Gasteiger partial charge >= 0.3 is 0 Å². The van der Waals surface area contributed by atoms with Crippen LogP contribution in [0.25, 0.3) is 66.1 Å². The number of hydrogen-bond acceptors (Lipinski definition) is 0. The molecule has 168 valence electrons. The summed E-state index contributed by atoms with van der Waals surface area (Å²) in [5, 5.41) is 2.51. The molecule has 0 aliphatic rings. The van der Waals surface area contributed by atoms with Crippen LogP contribution in [0.4, 0.5) is 0 Å². The van der Waals surface area contributed by atoms with Crippen LogP contribution in [-0.4, -0.2) is 8.80 Å². The number of hydrogen-bond donors (Lipinski definition) is 0. The fourth-order valence-corrected chi connectivity index (χ4v) is 5.76. The molecule has 36 heavy (non-hydrogen) atoms. The number of rotatable bonds is 2. The summed E-state index contributed by atoms with van der Waals surface area (Å²) in [4.78, 5) is 0. The van der Waals surface area contributed by atoms with Gasteiger partial charge in [0.2, 0.25) is 0 Å². The zero-order chi connectivity index (χ0) is 23.6. The van der Waals surface area contributed by atoms with Crippen molar-refractivity contribution < 1.29 is 0 Å². The van der Waals surface area contributed by atoms with Crippen molar-refractivity contribution in [3.8, 4) is 22.3 Å². The average Bonchev–Trinajstić information content (AvgIpc) is 3.52. The number of aromatic nitrogens is 2. The first-order valence-electron chi connectivity index (χ1n) is 12.4. The quantitative estimate of drug-likeness (QED) is 0.244. The lowest BCUT2D eigenvalue weighted by Crippen LogP contribution is -1.96. The van der Waals surface area contributed by atoms with E-state index < -0.39 is 0 Å². The van der Waals surface area contributed by atoms with Crippen LogP contribution < -0.4 is 0 Å². The van der Waals surface area contributed by atoms with Crippen molar-refractivity contribution in [3.05, 3.63) is 133 Å². The first kappa shape index (κ1) is 19.5. The minimum Gasteiger partial charge on any atom is -0.306 e. The van der Waals surface area contributed by atoms with Crippen molar-refractivity contribution in [2.75, 3.05) is 0 Å². The number of nitrogens with zero attached hydrogens (tertiary/aromatic N) is 2. The zero-order valence-corrected chi connectivity index (χ0v) is 19.6. The standard InChI is InChI=1S/C34H22N2/c1-3-9-23(10-4-1)25-15-17-27-21-33-34-22-28-18-16-26(24-11-5-2-6-12-24)20-32(28)36(34)30-14-8-7-13-29(30)35(33)31(27)19-25/h1-22H. The maximum atomic E-state index is 2.43. The van der Waals surface area contributed by atoms with Gasteiger partial charge in [0.15, 0.2) is 0 Å². The first-order valence-corrected chi connectivity index (χ1v) is 12.4. The van der Waals surface area contributed by atoms with E-state index in [4.69, 9.17) is 0 Å². The number of fused-ring (bicyclic) bond motifs is 10. The Hall–Kier alpha value is -4.82. The number of para-hydroxylation sites is 2. The fourth-order valence-electron chi connectivity index (χ4n) is 5.76. The molecule has 3 aromatic heterocycles. The smallest absolute Gasteiger partial charge is 0.0710 e. The molecule has 0 fully saturated rings. The monoisotopic (exact) mass is 458 g/mol. The largest absolute Gasteiger partial charge is 0.306 e. The summed E-state index contributed by atoms with van der Waals surface area (Å²) in [7, 11) is 0. The van der Waals surface area contributed by atoms with Crippen LogP contribution in [0.1, 0.15) is 0 Å². The van der Waals surface area contributed by atoms with Gasteiger partial charge in [-0.1, -0.05) is 97.1 Å². The lowest BCUT2D eigenvalue weighted by atomic mass is 10.0. The van der Waals surface area contributed by atoms with Gasteiger partial charge in [0, 0.05) is 10.8 Å². The van der Waals surface area contributed by atoms with Crippen LogP contribution >= 0.6 is 0 Å². The molecule has 0 saturated heterocycles. The topological polar surface area (TPSA) is 8.82 Å². The van der Waals surface area contributed by atoms with Crippen molar-refractivity contribution in [2.45, 2.75) is 0 Å². The van der Waals surface area contributed by atoms with Crippen LogP contribution in [0.5, 0.6) is 0 Å². The van der Waals surface area contributed by atoms with E-state index in [1.165, 1.54) is 66.1 Å². The summed E-state index contributed by atoms with van der Waals surface area (Å²) in [6.45, 7) is 0. The van der Waals surface area contributed by atoms with Gasteiger partial charge in [0.1, 0.15) is 0 Å². The van der Waals surface area contributed by atoms with E-state index in [0.717, 1.165) is 0 Å². The van der Waals surface area contributed by atoms with Crippen LogP contribution in [0, 0.1) is 0 Å². The predicted molar refractivity (Wildman–Crippen MR) is 152 cm³/mol. The molecule has 0 spiro atoms. The Balaban J connectivity index is 1.50. The summed E-state index contributed by atoms with van der Waals surface area (Å²) in [5.74, 6) is 0. The van der Waals surface area contributed by atoms with Crippen molar-refractivity contribution >= 4 is 43.9 Å². The Morgan fingerprint density at radius 1 is 0.278 bits per heavy atom. The zero-order valence-electron chi connectivity index (χ0n) is 19.6. The molecule has 0 aliphatic heterocycles. The molecule has 0 saturated carbocycles. The third kappa shape index (κ3) is 2.73. The summed E-state index contributed by atoms with van der Waals surface area (Å²) in [6.07, 6.45) is 0. The molecule has 8 aromatic rings. The van der Waals surface area contributed by atoms with Gasteiger partial charge in [-0.25, -0.2) is 0 Å². The molecule has 0 amide bonds. The molecule has 2 heteroatoms. The predicted octanol–water partition coefficient (Wildman–Crippen LogP) is 8.99. The average molecular weight is 459 g/mol. The summed E-state index contributed by atoms with van der Waals surface area (Å²) in [5.41, 5.74) is 12.3. The van der Waals surface area contributed by atoms with Gasteiger partial charge in [0.05, 0.1) is 33.1 Å². The second kappa shape index (κ2) is 7.34. The molecule has 8 rings (SSSR count). The summed E-state index contributed by atoms with van der Waals surface area (Å²) in [6, 6.07) is 48.3. The maximum absolute atomic E-state index is 2.43. The summed E-state index contributed by atoms with van der Waals surface area (Å²) < 4.78 is 4.87. The molecular formula is C34H22N2. The highest BCUT2D eigenvalue weighted by atomic mass is 15.0. The van der Waals surface area contributed by atoms with Crippen molar-refractivity contribution in [1.29, 1.82) is 0 Å². The summed E-state index contributed by atoms with van der Waals surface area (Å²) >= 11 is 0. The van der Waals surface area contributed by atoms with Gasteiger partial charge in [-0.3, -0.25) is 0 Å². The second-order valence-electron chi connectivity index (χ2n) is 9.50. The van der Waals surface area contributed by atoms with Crippen LogP contribution in [-0.2, 0) is 0 Å². The van der Waals surface area contributed by atoms with Crippen LogP contribution in [0.3, 0.4) is 0 Å². The first-order chi connectivity index (χ1) is 17.8. The van der Waals surface area contributed by atoms with Gasteiger partial charge in [-0.15, -0.1) is 0 Å². The molecule has 0 N–H and O–H groups in total. The minimum atomic E-state index is 1.21. The van der Waals surface area contributed by atoms with Gasteiger partial charge in [-0.2, -0.15) is 0 Å². The highest BCUT2D eigenvalue weighted by Gasteiger charge is 2.16.